The number of aryl methyl sites for hydroxylation is 1. The van der Waals surface area contributed by atoms with Crippen molar-refractivity contribution in [1.82, 2.24) is 14.8 Å². The van der Waals surface area contributed by atoms with Gasteiger partial charge in [0.15, 0.2) is 5.82 Å². The van der Waals surface area contributed by atoms with Gasteiger partial charge in [0.25, 0.3) is 0 Å². The van der Waals surface area contributed by atoms with Gasteiger partial charge in [-0.25, -0.2) is 0 Å². The van der Waals surface area contributed by atoms with Crippen molar-refractivity contribution in [3.63, 3.8) is 0 Å². The molecule has 3 aromatic rings. The van der Waals surface area contributed by atoms with Gasteiger partial charge in [-0.15, -0.1) is 10.2 Å². The van der Waals surface area contributed by atoms with Gasteiger partial charge in [0.2, 0.25) is 0 Å². The van der Waals surface area contributed by atoms with Crippen LogP contribution in [0.4, 0.5) is 0 Å². The first-order chi connectivity index (χ1) is 11.8. The summed E-state index contributed by atoms with van der Waals surface area (Å²) in [5, 5.41) is 20.6. The van der Waals surface area contributed by atoms with E-state index in [1.54, 1.807) is 0 Å². The Kier molecular flexibility index (Phi) is 3.84. The van der Waals surface area contributed by atoms with Crippen molar-refractivity contribution in [2.24, 2.45) is 0 Å². The molecule has 0 bridgehead atoms. The highest BCUT2D eigenvalue weighted by Crippen LogP contribution is 2.23. The summed E-state index contributed by atoms with van der Waals surface area (Å²) in [7, 11) is 0. The second-order valence-electron chi connectivity index (χ2n) is 6.18. The molecule has 1 aromatic heterocycles. The Morgan fingerprint density at radius 1 is 1.04 bits per heavy atom. The van der Waals surface area contributed by atoms with Crippen LogP contribution in [0.2, 0.25) is 0 Å². The van der Waals surface area contributed by atoms with Crippen LogP contribution in [0.5, 0.6) is 0 Å². The van der Waals surface area contributed by atoms with Crippen LogP contribution in [0.25, 0.3) is 22.4 Å². The summed E-state index contributed by atoms with van der Waals surface area (Å²) in [5.74, 6) is 1.70. The summed E-state index contributed by atoms with van der Waals surface area (Å²) in [6, 6.07) is 16.8. The Balaban J connectivity index is 1.76. The van der Waals surface area contributed by atoms with Crippen LogP contribution in [-0.4, -0.2) is 14.8 Å². The third-order valence-electron chi connectivity index (χ3n) is 4.56. The summed E-state index contributed by atoms with van der Waals surface area (Å²) in [4.78, 5) is 0. The van der Waals surface area contributed by atoms with Gasteiger partial charge in [0, 0.05) is 13.0 Å². The Hall–Kier alpha value is -2.93. The van der Waals surface area contributed by atoms with Crippen LogP contribution in [0.15, 0.2) is 42.5 Å². The Bertz CT molecular complexity index is 959. The van der Waals surface area contributed by atoms with E-state index in [4.69, 9.17) is 0 Å². The van der Waals surface area contributed by atoms with Crippen molar-refractivity contribution in [2.45, 2.75) is 32.2 Å². The van der Waals surface area contributed by atoms with Crippen molar-refractivity contribution >= 4 is 22.4 Å². The number of nitriles is 1. The molecular weight excluding hydrogens is 296 g/mol. The Labute approximate surface area is 141 Å². The van der Waals surface area contributed by atoms with Gasteiger partial charge in [-0.2, -0.15) is 5.26 Å². The first-order valence-electron chi connectivity index (χ1n) is 8.38. The lowest BCUT2D eigenvalue weighted by Crippen LogP contribution is -2.05. The molecule has 24 heavy (non-hydrogen) atoms. The molecule has 0 aliphatic carbocycles. The van der Waals surface area contributed by atoms with Crippen molar-refractivity contribution in [2.75, 3.05) is 0 Å². The molecule has 0 N–H and O–H groups in total. The Morgan fingerprint density at radius 2 is 1.92 bits per heavy atom. The topological polar surface area (TPSA) is 54.5 Å². The summed E-state index contributed by atoms with van der Waals surface area (Å²) in [5.41, 5.74) is 1.59. The second kappa shape index (κ2) is 6.29. The third kappa shape index (κ3) is 2.69. The van der Waals surface area contributed by atoms with E-state index in [1.165, 1.54) is 17.2 Å². The summed E-state index contributed by atoms with van der Waals surface area (Å²) in [6.07, 6.45) is 6.33. The number of fused-ring (bicyclic) bond motifs is 2. The minimum Gasteiger partial charge on any atom is -0.310 e. The van der Waals surface area contributed by atoms with Gasteiger partial charge < -0.3 is 4.57 Å². The molecule has 1 aliphatic heterocycles. The van der Waals surface area contributed by atoms with E-state index >= 15 is 0 Å². The quantitative estimate of drug-likeness (QED) is 0.665. The van der Waals surface area contributed by atoms with Crippen LogP contribution < -0.4 is 0 Å². The molecule has 0 fully saturated rings. The van der Waals surface area contributed by atoms with E-state index in [1.807, 2.05) is 24.3 Å². The molecule has 0 atom stereocenters. The molecule has 0 saturated heterocycles. The maximum atomic E-state index is 9.64. The average molecular weight is 314 g/mol. The van der Waals surface area contributed by atoms with Crippen LogP contribution in [0, 0.1) is 11.3 Å². The zero-order valence-electron chi connectivity index (χ0n) is 13.4. The minimum atomic E-state index is 0.575. The number of rotatable bonds is 2. The summed E-state index contributed by atoms with van der Waals surface area (Å²) >= 11 is 0. The number of aromatic nitrogens is 3. The van der Waals surface area contributed by atoms with Crippen LogP contribution in [0.3, 0.4) is 0 Å². The third-order valence-corrected chi connectivity index (χ3v) is 4.56. The fourth-order valence-electron chi connectivity index (χ4n) is 3.30. The molecular formula is C20H18N4. The molecule has 2 aromatic carbocycles. The fraction of sp³-hybridized carbons (Fsp3) is 0.250. The van der Waals surface area contributed by atoms with Gasteiger partial charge in [-0.3, -0.25) is 0 Å². The van der Waals surface area contributed by atoms with E-state index < -0.39 is 0 Å². The average Bonchev–Trinajstić information content (AvgIpc) is 2.87. The number of hydrogen-bond donors (Lipinski definition) is 0. The lowest BCUT2D eigenvalue weighted by atomic mass is 10.1. The van der Waals surface area contributed by atoms with E-state index in [0.29, 0.717) is 11.4 Å². The van der Waals surface area contributed by atoms with Crippen molar-refractivity contribution < 1.29 is 0 Å². The van der Waals surface area contributed by atoms with Crippen molar-refractivity contribution in [3.05, 3.63) is 59.7 Å². The minimum absolute atomic E-state index is 0.575. The molecule has 118 valence electrons. The number of nitrogens with zero attached hydrogens (tertiary/aromatic N) is 4. The summed E-state index contributed by atoms with van der Waals surface area (Å²) < 4.78 is 2.11. The smallest absolute Gasteiger partial charge is 0.174 e. The fourth-order valence-corrected chi connectivity index (χ4v) is 3.30. The van der Waals surface area contributed by atoms with Crippen molar-refractivity contribution in [3.8, 4) is 6.07 Å². The molecule has 0 spiro atoms. The molecule has 1 aliphatic rings. The first-order valence-corrected chi connectivity index (χ1v) is 8.38. The highest BCUT2D eigenvalue weighted by Gasteiger charge is 2.17. The predicted octanol–water partition coefficient (Wildman–Crippen LogP) is 4.22. The number of allylic oxidation sites excluding steroid dienone is 1. The lowest BCUT2D eigenvalue weighted by molar-refractivity contribution is 0.627. The number of benzene rings is 2. The van der Waals surface area contributed by atoms with Crippen LogP contribution in [0.1, 0.15) is 36.5 Å². The van der Waals surface area contributed by atoms with E-state index in [0.717, 1.165) is 37.2 Å². The molecule has 2 heterocycles. The second-order valence-corrected chi connectivity index (χ2v) is 6.18. The Morgan fingerprint density at radius 3 is 2.79 bits per heavy atom. The van der Waals surface area contributed by atoms with Gasteiger partial charge in [0.1, 0.15) is 11.9 Å². The van der Waals surface area contributed by atoms with Gasteiger partial charge >= 0.3 is 0 Å². The zero-order chi connectivity index (χ0) is 16.4. The SMILES string of the molecule is N#CC(=Cc1ccc2ccccc2c1)c1nnc2n1CCCCC2. The predicted molar refractivity (Wildman–Crippen MR) is 95.0 cm³/mol. The van der Waals surface area contributed by atoms with Gasteiger partial charge in [0.05, 0.1) is 5.57 Å². The van der Waals surface area contributed by atoms with E-state index in [2.05, 4.69) is 45.1 Å². The molecule has 4 rings (SSSR count). The van der Waals surface area contributed by atoms with E-state index in [-0.39, 0.29) is 0 Å². The number of hydrogen-bond acceptors (Lipinski definition) is 3. The highest BCUT2D eigenvalue weighted by atomic mass is 15.3. The monoisotopic (exact) mass is 314 g/mol. The lowest BCUT2D eigenvalue weighted by Gasteiger charge is -2.06. The first kappa shape index (κ1) is 14.6. The van der Waals surface area contributed by atoms with E-state index in [9.17, 15) is 5.26 Å². The zero-order valence-corrected chi connectivity index (χ0v) is 13.4. The molecule has 0 amide bonds. The molecule has 4 heteroatoms. The highest BCUT2D eigenvalue weighted by molar-refractivity contribution is 5.91. The largest absolute Gasteiger partial charge is 0.310 e. The molecule has 0 radical (unpaired) electrons. The van der Waals surface area contributed by atoms with Crippen LogP contribution >= 0.6 is 0 Å². The summed E-state index contributed by atoms with van der Waals surface area (Å²) in [6.45, 7) is 0.897. The maximum absolute atomic E-state index is 9.64. The normalized spacial score (nSPS) is 14.9. The van der Waals surface area contributed by atoms with Crippen LogP contribution in [-0.2, 0) is 13.0 Å². The molecule has 0 unspecified atom stereocenters. The standard InChI is InChI=1S/C20H18N4/c21-14-18(20-23-22-19-8-2-1-5-11-24(19)20)13-15-9-10-16-6-3-4-7-17(16)12-15/h3-4,6-7,9-10,12-13H,1-2,5,8,11H2. The van der Waals surface area contributed by atoms with Gasteiger partial charge in [-0.1, -0.05) is 42.8 Å². The molecule has 0 saturated carbocycles. The van der Waals surface area contributed by atoms with Gasteiger partial charge in [-0.05, 0) is 41.3 Å². The maximum Gasteiger partial charge on any atom is 0.174 e. The molecule has 4 nitrogen and oxygen atoms in total. The van der Waals surface area contributed by atoms with Crippen molar-refractivity contribution in [1.29, 1.82) is 5.26 Å².